The zero-order chi connectivity index (χ0) is 20.0. The van der Waals surface area contributed by atoms with Crippen molar-refractivity contribution in [3.63, 3.8) is 0 Å². The lowest BCUT2D eigenvalue weighted by Gasteiger charge is -2.22. The minimum atomic E-state index is -4.89. The molecule has 0 saturated heterocycles. The quantitative estimate of drug-likeness (QED) is 0.420. The Morgan fingerprint density at radius 3 is 1.81 bits per heavy atom. The first kappa shape index (κ1) is 21.4. The van der Waals surface area contributed by atoms with Gasteiger partial charge >= 0.3 is 18.3 Å². The summed E-state index contributed by atoms with van der Waals surface area (Å²) in [6.45, 7) is 2.56. The van der Waals surface area contributed by atoms with Gasteiger partial charge in [0.2, 0.25) is 0 Å². The molecule has 0 aliphatic rings. The average Bonchev–Trinajstić information content (AvgIpc) is 2.54. The van der Waals surface area contributed by atoms with E-state index in [0.29, 0.717) is 0 Å². The monoisotopic (exact) mass is 378 g/mol. The van der Waals surface area contributed by atoms with Crippen LogP contribution in [-0.4, -0.2) is 48.0 Å². The van der Waals surface area contributed by atoms with Gasteiger partial charge in [-0.15, -0.1) is 13.2 Å². The average molecular weight is 378 g/mol. The van der Waals surface area contributed by atoms with E-state index < -0.39 is 41.9 Å². The largest absolute Gasteiger partial charge is 0.573 e. The van der Waals surface area contributed by atoms with E-state index in [1.165, 1.54) is 13.8 Å². The van der Waals surface area contributed by atoms with Gasteiger partial charge in [0.05, 0.1) is 19.6 Å². The molecule has 26 heavy (non-hydrogen) atoms. The Hall–Kier alpha value is -2.62. The van der Waals surface area contributed by atoms with Crippen molar-refractivity contribution in [1.82, 2.24) is 0 Å². The maximum absolute atomic E-state index is 12.2. The molecule has 1 aromatic rings. The second kappa shape index (κ2) is 8.65. The van der Waals surface area contributed by atoms with E-state index in [1.54, 1.807) is 0 Å². The summed E-state index contributed by atoms with van der Waals surface area (Å²) in [5, 5.41) is 10.3. The summed E-state index contributed by atoms with van der Waals surface area (Å²) in [4.78, 5) is 36.0. The molecule has 1 rings (SSSR count). The molecule has 0 saturated carbocycles. The first-order valence-electron chi connectivity index (χ1n) is 7.49. The minimum Gasteiger partial charge on any atom is -0.463 e. The molecule has 0 aliphatic heterocycles. The van der Waals surface area contributed by atoms with Crippen LogP contribution in [0.1, 0.15) is 30.6 Å². The standard InChI is InChI=1S/C16H17F3O7/c1-3-24-13(21)15(23,14(22)25-4-2)9-12(20)10-5-7-11(8-6-10)26-16(17,18)19/h5-8,23H,3-4,9H2,1-2H3. The van der Waals surface area contributed by atoms with Crippen molar-refractivity contribution in [3.8, 4) is 5.75 Å². The van der Waals surface area contributed by atoms with Crippen molar-refractivity contribution in [2.24, 2.45) is 0 Å². The van der Waals surface area contributed by atoms with E-state index in [1.807, 2.05) is 0 Å². The first-order valence-corrected chi connectivity index (χ1v) is 7.49. The van der Waals surface area contributed by atoms with Crippen LogP contribution in [0.2, 0.25) is 0 Å². The Morgan fingerprint density at radius 2 is 1.42 bits per heavy atom. The number of aliphatic hydroxyl groups is 1. The van der Waals surface area contributed by atoms with Crippen LogP contribution in [0.4, 0.5) is 13.2 Å². The van der Waals surface area contributed by atoms with Gasteiger partial charge in [0.1, 0.15) is 5.75 Å². The Bertz CT molecular complexity index is 635. The van der Waals surface area contributed by atoms with Crippen LogP contribution in [-0.2, 0) is 19.1 Å². The Kier molecular flexibility index (Phi) is 7.13. The zero-order valence-corrected chi connectivity index (χ0v) is 14.0. The Balaban J connectivity index is 2.99. The number of ketones is 1. The maximum Gasteiger partial charge on any atom is 0.573 e. The lowest BCUT2D eigenvalue weighted by Crippen LogP contribution is -2.50. The molecule has 0 fully saturated rings. The fourth-order valence-corrected chi connectivity index (χ4v) is 1.91. The van der Waals surface area contributed by atoms with Crippen LogP contribution in [0.25, 0.3) is 0 Å². The summed E-state index contributed by atoms with van der Waals surface area (Å²) in [6, 6.07) is 3.77. The number of esters is 2. The second-order valence-electron chi connectivity index (χ2n) is 4.97. The first-order chi connectivity index (χ1) is 12.0. The van der Waals surface area contributed by atoms with Crippen molar-refractivity contribution >= 4 is 17.7 Å². The van der Waals surface area contributed by atoms with Gasteiger partial charge in [0, 0.05) is 5.56 Å². The predicted molar refractivity (Wildman–Crippen MR) is 80.3 cm³/mol. The summed E-state index contributed by atoms with van der Waals surface area (Å²) >= 11 is 0. The fourth-order valence-electron chi connectivity index (χ4n) is 1.91. The molecular formula is C16H17F3O7. The van der Waals surface area contributed by atoms with Crippen LogP contribution >= 0.6 is 0 Å². The van der Waals surface area contributed by atoms with Crippen molar-refractivity contribution in [3.05, 3.63) is 29.8 Å². The molecule has 0 heterocycles. The molecule has 7 nitrogen and oxygen atoms in total. The molecule has 10 heteroatoms. The molecule has 0 bridgehead atoms. The summed E-state index contributed by atoms with van der Waals surface area (Å²) < 4.78 is 49.2. The Labute approximate surface area is 146 Å². The molecule has 0 aromatic heterocycles. The molecule has 0 aliphatic carbocycles. The number of carbonyl (C=O) groups excluding carboxylic acids is 3. The number of alkyl halides is 3. The molecule has 1 N–H and O–H groups in total. The zero-order valence-electron chi connectivity index (χ0n) is 14.0. The van der Waals surface area contributed by atoms with Gasteiger partial charge in [-0.25, -0.2) is 9.59 Å². The maximum atomic E-state index is 12.2. The van der Waals surface area contributed by atoms with Crippen LogP contribution in [0.15, 0.2) is 24.3 Å². The fraction of sp³-hybridized carbons (Fsp3) is 0.438. The van der Waals surface area contributed by atoms with E-state index in [9.17, 15) is 32.7 Å². The molecule has 144 valence electrons. The highest BCUT2D eigenvalue weighted by Crippen LogP contribution is 2.24. The molecule has 0 radical (unpaired) electrons. The third-order valence-electron chi connectivity index (χ3n) is 3.05. The molecular weight excluding hydrogens is 361 g/mol. The minimum absolute atomic E-state index is 0.147. The third-order valence-corrected chi connectivity index (χ3v) is 3.05. The second-order valence-corrected chi connectivity index (χ2v) is 4.97. The van der Waals surface area contributed by atoms with Crippen molar-refractivity contribution in [2.45, 2.75) is 32.2 Å². The molecule has 0 atom stereocenters. The molecule has 0 spiro atoms. The van der Waals surface area contributed by atoms with Gasteiger partial charge in [-0.2, -0.15) is 0 Å². The number of halogens is 3. The smallest absolute Gasteiger partial charge is 0.463 e. The van der Waals surface area contributed by atoms with E-state index in [0.717, 1.165) is 24.3 Å². The number of rotatable bonds is 8. The summed E-state index contributed by atoms with van der Waals surface area (Å²) in [5.41, 5.74) is -3.00. The number of carbonyl (C=O) groups is 3. The number of hydrogen-bond acceptors (Lipinski definition) is 7. The van der Waals surface area contributed by atoms with Gasteiger partial charge in [-0.3, -0.25) is 4.79 Å². The van der Waals surface area contributed by atoms with Crippen molar-refractivity contribution in [2.75, 3.05) is 13.2 Å². The van der Waals surface area contributed by atoms with Crippen molar-refractivity contribution < 1.29 is 46.9 Å². The van der Waals surface area contributed by atoms with Gasteiger partial charge in [-0.1, -0.05) is 0 Å². The van der Waals surface area contributed by atoms with E-state index in [-0.39, 0.29) is 18.8 Å². The summed E-state index contributed by atoms with van der Waals surface area (Å²) in [5.74, 6) is -4.15. The van der Waals surface area contributed by atoms with Crippen molar-refractivity contribution in [1.29, 1.82) is 0 Å². The predicted octanol–water partition coefficient (Wildman–Crippen LogP) is 2.02. The lowest BCUT2D eigenvalue weighted by atomic mass is 9.93. The normalized spacial score (nSPS) is 11.6. The highest BCUT2D eigenvalue weighted by Gasteiger charge is 2.49. The molecule has 0 amide bonds. The van der Waals surface area contributed by atoms with E-state index in [4.69, 9.17) is 0 Å². The van der Waals surface area contributed by atoms with E-state index >= 15 is 0 Å². The highest BCUT2D eigenvalue weighted by atomic mass is 19.4. The highest BCUT2D eigenvalue weighted by molar-refractivity contribution is 6.10. The third kappa shape index (κ3) is 5.73. The SMILES string of the molecule is CCOC(=O)C(O)(CC(=O)c1ccc(OC(F)(F)F)cc1)C(=O)OCC. The van der Waals surface area contributed by atoms with E-state index in [2.05, 4.69) is 14.2 Å². The van der Waals surface area contributed by atoms with Gasteiger partial charge in [0.25, 0.3) is 5.60 Å². The van der Waals surface area contributed by atoms with Crippen LogP contribution < -0.4 is 4.74 Å². The van der Waals surface area contributed by atoms with Gasteiger partial charge in [0.15, 0.2) is 5.78 Å². The van der Waals surface area contributed by atoms with Crippen LogP contribution in [0.5, 0.6) is 5.75 Å². The topological polar surface area (TPSA) is 99.1 Å². The molecule has 0 unspecified atom stereocenters. The number of benzene rings is 1. The number of hydrogen-bond donors (Lipinski definition) is 1. The molecule has 1 aromatic carbocycles. The number of ether oxygens (including phenoxy) is 3. The van der Waals surface area contributed by atoms with Crippen LogP contribution in [0.3, 0.4) is 0 Å². The Morgan fingerprint density at radius 1 is 0.962 bits per heavy atom. The lowest BCUT2D eigenvalue weighted by molar-refractivity contribution is -0.274. The van der Waals surface area contributed by atoms with Gasteiger partial charge in [-0.05, 0) is 38.1 Å². The summed E-state index contributed by atoms with van der Waals surface area (Å²) in [7, 11) is 0. The number of Topliss-reactive ketones (excluding diaryl/α,β-unsaturated/α-hetero) is 1. The van der Waals surface area contributed by atoms with Crippen LogP contribution in [0, 0.1) is 0 Å². The summed E-state index contributed by atoms with van der Waals surface area (Å²) in [6.07, 6.45) is -5.89. The van der Waals surface area contributed by atoms with Gasteiger partial charge < -0.3 is 19.3 Å².